The molecule has 0 spiro atoms. The molecule has 57 heavy (non-hydrogen) atoms. The van der Waals surface area contributed by atoms with Gasteiger partial charge in [0.05, 0.1) is 22.7 Å². The number of hydrogen-bond acceptors (Lipinski definition) is 2. The molecule has 0 aliphatic carbocycles. The smallest absolute Gasteiger partial charge is 0.184 e. The van der Waals surface area contributed by atoms with E-state index in [0.29, 0.717) is 0 Å². The van der Waals surface area contributed by atoms with Gasteiger partial charge in [-0.3, -0.25) is 0 Å². The Morgan fingerprint density at radius 1 is 0.281 bits per heavy atom. The van der Waals surface area contributed by atoms with Crippen molar-refractivity contribution in [2.45, 2.75) is 38.5 Å². The minimum absolute atomic E-state index is 0.165. The first kappa shape index (κ1) is 35.0. The topological polar surface area (TPSA) is 6.48 Å². The highest BCUT2D eigenvalue weighted by Gasteiger charge is 2.48. The quantitative estimate of drug-likeness (QED) is 0.123. The molecule has 0 unspecified atom stereocenters. The summed E-state index contributed by atoms with van der Waals surface area (Å²) in [5.41, 5.74) is 12.3. The predicted molar refractivity (Wildman–Crippen MR) is 244 cm³/mol. The lowest BCUT2D eigenvalue weighted by molar-refractivity contribution is 0.632. The van der Waals surface area contributed by atoms with Crippen LogP contribution in [0.3, 0.4) is 0 Å². The third kappa shape index (κ3) is 5.15. The molecule has 0 N–H and O–H groups in total. The zero-order valence-corrected chi connectivity index (χ0v) is 34.0. The first-order valence-electron chi connectivity index (χ1n) is 20.1. The van der Waals surface area contributed by atoms with Crippen molar-refractivity contribution >= 4 is 62.9 Å². The zero-order valence-electron chi connectivity index (χ0n) is 33.0. The number of anilines is 6. The number of para-hydroxylation sites is 6. The number of nitrogens with zero attached hydrogens (tertiary/aromatic N) is 2. The fraction of sp³-hybridized carbons (Fsp3) is 0.111. The molecule has 0 saturated carbocycles. The summed E-state index contributed by atoms with van der Waals surface area (Å²) < 4.78 is 0. The normalized spacial score (nSPS) is 14.9. The van der Waals surface area contributed by atoms with Gasteiger partial charge in [0, 0.05) is 22.2 Å². The molecule has 0 aromatic heterocycles. The molecule has 8 aromatic rings. The van der Waals surface area contributed by atoms with Crippen molar-refractivity contribution < 1.29 is 0 Å². The van der Waals surface area contributed by atoms with Gasteiger partial charge in [-0.15, -0.1) is 0 Å². The molecular weight excluding hydrogens is 705 g/mol. The molecule has 0 fully saturated rings. The number of benzene rings is 8. The average molecular weight is 751 g/mol. The Labute approximate surface area is 338 Å². The maximum absolute atomic E-state index is 3.20. The second kappa shape index (κ2) is 13.4. The van der Waals surface area contributed by atoms with Gasteiger partial charge in [0.15, 0.2) is 8.07 Å². The van der Waals surface area contributed by atoms with E-state index < -0.39 is 8.07 Å². The van der Waals surface area contributed by atoms with E-state index in [1.54, 1.807) is 0 Å². The van der Waals surface area contributed by atoms with Gasteiger partial charge in [0.2, 0.25) is 0 Å². The van der Waals surface area contributed by atoms with E-state index in [2.05, 4.69) is 244 Å². The summed E-state index contributed by atoms with van der Waals surface area (Å²) in [4.78, 5) is 5.13. The van der Waals surface area contributed by atoms with Crippen LogP contribution in [0.1, 0.15) is 49.9 Å². The van der Waals surface area contributed by atoms with Gasteiger partial charge < -0.3 is 9.80 Å². The highest BCUT2D eigenvalue weighted by Crippen LogP contribution is 2.53. The van der Waals surface area contributed by atoms with Crippen molar-refractivity contribution in [1.82, 2.24) is 0 Å². The van der Waals surface area contributed by atoms with Gasteiger partial charge in [-0.2, -0.15) is 0 Å². The summed E-state index contributed by atoms with van der Waals surface area (Å²) in [5, 5.41) is 5.37. The van der Waals surface area contributed by atoms with Gasteiger partial charge in [0.25, 0.3) is 0 Å². The number of rotatable bonds is 6. The Morgan fingerprint density at radius 3 is 0.842 bits per heavy atom. The highest BCUT2D eigenvalue weighted by molar-refractivity contribution is 7.21. The molecule has 8 aromatic carbocycles. The van der Waals surface area contributed by atoms with E-state index in [4.69, 9.17) is 0 Å². The van der Waals surface area contributed by atoms with Crippen LogP contribution in [0.2, 0.25) is 0 Å². The molecule has 2 aliphatic heterocycles. The van der Waals surface area contributed by atoms with E-state index in [-0.39, 0.29) is 10.8 Å². The lowest BCUT2D eigenvalue weighted by Gasteiger charge is -2.46. The van der Waals surface area contributed by atoms with Crippen molar-refractivity contribution in [2.75, 3.05) is 9.80 Å². The standard InChI is InChI=1S/C54H46N2Si/c1-53(2)41-27-11-15-31-45(41)55(46-32-16-12-28-42(46)53)49-35-19-21-37-51(49)57(39-23-7-5-8-24-39,40-25-9-6-10-26-40)52-38-22-20-36-50(52)56-47-33-17-13-29-43(47)54(3,4)44-30-14-18-34-48(44)56/h5-38H,1-4H3. The summed E-state index contributed by atoms with van der Waals surface area (Å²) in [6.45, 7) is 9.47. The Hall–Kier alpha value is -6.42. The van der Waals surface area contributed by atoms with Crippen molar-refractivity contribution in [1.29, 1.82) is 0 Å². The molecule has 2 aliphatic rings. The first-order chi connectivity index (χ1) is 27.8. The average Bonchev–Trinajstić information content (AvgIpc) is 3.26. The van der Waals surface area contributed by atoms with E-state index in [1.807, 2.05) is 0 Å². The highest BCUT2D eigenvalue weighted by atomic mass is 28.3. The molecular formula is C54H46N2Si. The van der Waals surface area contributed by atoms with Gasteiger partial charge in [-0.05, 0) is 79.4 Å². The Morgan fingerprint density at radius 2 is 0.526 bits per heavy atom. The lowest BCUT2D eigenvalue weighted by atomic mass is 9.73. The van der Waals surface area contributed by atoms with Crippen LogP contribution in [-0.2, 0) is 10.8 Å². The van der Waals surface area contributed by atoms with E-state index in [1.165, 1.54) is 77.1 Å². The molecule has 0 bridgehead atoms. The third-order valence-electron chi connectivity index (χ3n) is 12.8. The van der Waals surface area contributed by atoms with Gasteiger partial charge in [-0.25, -0.2) is 0 Å². The second-order valence-electron chi connectivity index (χ2n) is 16.5. The first-order valence-corrected chi connectivity index (χ1v) is 22.1. The Kier molecular flexibility index (Phi) is 8.21. The molecule has 0 amide bonds. The molecule has 0 saturated heterocycles. The molecule has 0 atom stereocenters. The Bertz CT molecular complexity index is 2480. The summed E-state index contributed by atoms with van der Waals surface area (Å²) in [7, 11) is -3.20. The van der Waals surface area contributed by atoms with Crippen LogP contribution in [0.4, 0.5) is 34.1 Å². The van der Waals surface area contributed by atoms with E-state index in [9.17, 15) is 0 Å². The molecule has 276 valence electrons. The summed E-state index contributed by atoms with van der Waals surface area (Å²) >= 11 is 0. The molecule has 0 radical (unpaired) electrons. The minimum Gasteiger partial charge on any atom is -0.310 e. The van der Waals surface area contributed by atoms with Crippen molar-refractivity contribution in [3.05, 3.63) is 229 Å². The van der Waals surface area contributed by atoms with Gasteiger partial charge >= 0.3 is 0 Å². The van der Waals surface area contributed by atoms with Gasteiger partial charge in [-0.1, -0.05) is 198 Å². The Balaban J connectivity index is 1.34. The van der Waals surface area contributed by atoms with E-state index in [0.717, 1.165) is 0 Å². The summed E-state index contributed by atoms with van der Waals surface area (Å²) in [6, 6.07) is 77.4. The van der Waals surface area contributed by atoms with Crippen LogP contribution in [0.5, 0.6) is 0 Å². The minimum atomic E-state index is -3.20. The second-order valence-corrected chi connectivity index (χ2v) is 20.2. The van der Waals surface area contributed by atoms with Crippen LogP contribution in [0, 0.1) is 0 Å². The maximum atomic E-state index is 2.56. The third-order valence-corrected chi connectivity index (χ3v) is 17.6. The largest absolute Gasteiger partial charge is 0.310 e. The molecule has 3 heteroatoms. The zero-order chi connectivity index (χ0) is 38.8. The van der Waals surface area contributed by atoms with Crippen molar-refractivity contribution in [3.8, 4) is 0 Å². The van der Waals surface area contributed by atoms with Crippen molar-refractivity contribution in [2.24, 2.45) is 0 Å². The van der Waals surface area contributed by atoms with Gasteiger partial charge in [0.1, 0.15) is 0 Å². The number of hydrogen-bond donors (Lipinski definition) is 0. The monoisotopic (exact) mass is 750 g/mol. The summed E-state index contributed by atoms with van der Waals surface area (Å²) in [6.07, 6.45) is 0. The summed E-state index contributed by atoms with van der Waals surface area (Å²) in [5.74, 6) is 0. The van der Waals surface area contributed by atoms with Crippen LogP contribution in [0.15, 0.2) is 206 Å². The lowest BCUT2D eigenvalue weighted by Crippen LogP contribution is -2.75. The molecule has 2 nitrogen and oxygen atoms in total. The maximum Gasteiger partial charge on any atom is 0.184 e. The van der Waals surface area contributed by atoms with Crippen LogP contribution < -0.4 is 30.5 Å². The van der Waals surface area contributed by atoms with Crippen molar-refractivity contribution in [3.63, 3.8) is 0 Å². The fourth-order valence-electron chi connectivity index (χ4n) is 10.1. The number of fused-ring (bicyclic) bond motifs is 4. The predicted octanol–water partition coefficient (Wildman–Crippen LogP) is 11.3. The van der Waals surface area contributed by atoms with Crippen LogP contribution >= 0.6 is 0 Å². The SMILES string of the molecule is CC1(C)c2ccccc2N(c2ccccc2[Si](c2ccccc2)(c2ccccc2)c2ccccc2N2c3ccccc3C(C)(C)c3ccccc32)c2ccccc21. The molecule has 10 rings (SSSR count). The molecule has 2 heterocycles. The van der Waals surface area contributed by atoms with E-state index >= 15 is 0 Å². The van der Waals surface area contributed by atoms with Crippen LogP contribution in [0.25, 0.3) is 0 Å². The van der Waals surface area contributed by atoms with Crippen LogP contribution in [-0.4, -0.2) is 8.07 Å². The fourth-order valence-corrected chi connectivity index (χ4v) is 15.2.